The van der Waals surface area contributed by atoms with E-state index in [0.717, 1.165) is 42.9 Å². The fourth-order valence-electron chi connectivity index (χ4n) is 3.30. The molecule has 1 aromatic carbocycles. The Hall–Kier alpha value is -1.17. The van der Waals surface area contributed by atoms with Crippen molar-refractivity contribution in [2.75, 3.05) is 0 Å². The smallest absolute Gasteiger partial charge is 0.542 e. The molecule has 116 valence electrons. The zero-order valence-corrected chi connectivity index (χ0v) is 15.3. The summed E-state index contributed by atoms with van der Waals surface area (Å²) in [5.41, 5.74) is 1.66. The molecule has 0 fully saturated rings. The van der Waals surface area contributed by atoms with E-state index < -0.39 is 23.0 Å². The third-order valence-corrected chi connectivity index (χ3v) is 4.24. The number of aromatic carboxylic acids is 1. The molecule has 4 nitrogen and oxygen atoms in total. The third-order valence-electron chi connectivity index (χ3n) is 4.24. The van der Waals surface area contributed by atoms with Crippen LogP contribution in [0, 0.1) is 5.82 Å². The number of carbonyl (C=O) groups excluding carboxylic acids is 1. The van der Waals surface area contributed by atoms with E-state index in [0.29, 0.717) is 18.4 Å². The Balaban J connectivity index is 0.00000192. The van der Waals surface area contributed by atoms with Crippen LogP contribution in [0.1, 0.15) is 53.4 Å². The van der Waals surface area contributed by atoms with Gasteiger partial charge in [-0.1, -0.05) is 13.3 Å². The molecular formula is C17H16FNaO4. The van der Waals surface area contributed by atoms with Crippen molar-refractivity contribution in [2.24, 2.45) is 0 Å². The molecule has 0 N–H and O–H groups in total. The summed E-state index contributed by atoms with van der Waals surface area (Å²) in [6.45, 7) is 1.98. The molecule has 0 spiro atoms. The minimum atomic E-state index is -1.57. The Bertz CT molecular complexity index is 826. The van der Waals surface area contributed by atoms with Crippen LogP contribution in [0.3, 0.4) is 0 Å². The number of hydrogen-bond acceptors (Lipinski definition) is 4. The van der Waals surface area contributed by atoms with Crippen molar-refractivity contribution < 1.29 is 48.3 Å². The summed E-state index contributed by atoms with van der Waals surface area (Å²) in [5, 5.41) is 10.9. The van der Waals surface area contributed by atoms with Crippen molar-refractivity contribution in [3.05, 3.63) is 44.6 Å². The Morgan fingerprint density at radius 1 is 1.30 bits per heavy atom. The van der Waals surface area contributed by atoms with E-state index in [4.69, 9.17) is 4.42 Å². The van der Waals surface area contributed by atoms with Gasteiger partial charge in [-0.05, 0) is 48.8 Å². The summed E-state index contributed by atoms with van der Waals surface area (Å²) in [6, 6.07) is 0.797. The van der Waals surface area contributed by atoms with Crippen LogP contribution in [0.4, 0.5) is 4.39 Å². The third kappa shape index (κ3) is 3.10. The van der Waals surface area contributed by atoms with Crippen LogP contribution < -0.4 is 40.1 Å². The van der Waals surface area contributed by atoms with Gasteiger partial charge >= 0.3 is 29.6 Å². The average Bonchev–Trinajstić information content (AvgIpc) is 2.50. The molecule has 0 amide bonds. The summed E-state index contributed by atoms with van der Waals surface area (Å²) in [6.07, 6.45) is 4.61. The Labute approximate surface area is 155 Å². The molecule has 6 heteroatoms. The Morgan fingerprint density at radius 3 is 2.57 bits per heavy atom. The summed E-state index contributed by atoms with van der Waals surface area (Å²) < 4.78 is 20.1. The van der Waals surface area contributed by atoms with Crippen molar-refractivity contribution in [3.63, 3.8) is 0 Å². The molecule has 0 saturated heterocycles. The number of hydrogen-bond donors (Lipinski definition) is 0. The molecule has 0 saturated carbocycles. The van der Waals surface area contributed by atoms with E-state index in [9.17, 15) is 19.1 Å². The molecule has 0 bridgehead atoms. The second-order valence-electron chi connectivity index (χ2n) is 5.67. The van der Waals surface area contributed by atoms with Gasteiger partial charge in [-0.2, -0.15) is 0 Å². The monoisotopic (exact) mass is 326 g/mol. The maximum Gasteiger partial charge on any atom is 1.00 e. The van der Waals surface area contributed by atoms with Gasteiger partial charge in [-0.3, -0.25) is 4.79 Å². The van der Waals surface area contributed by atoms with E-state index in [2.05, 4.69) is 0 Å². The van der Waals surface area contributed by atoms with E-state index in [1.165, 1.54) is 0 Å². The van der Waals surface area contributed by atoms with Gasteiger partial charge in [0.25, 0.3) is 0 Å². The molecule has 1 aromatic heterocycles. The van der Waals surface area contributed by atoms with Crippen molar-refractivity contribution in [1.82, 2.24) is 0 Å². The van der Waals surface area contributed by atoms with Crippen LogP contribution in [0.15, 0.2) is 15.3 Å². The molecule has 23 heavy (non-hydrogen) atoms. The van der Waals surface area contributed by atoms with Crippen LogP contribution in [0.2, 0.25) is 0 Å². The van der Waals surface area contributed by atoms with Crippen LogP contribution in [0.25, 0.3) is 11.0 Å². The van der Waals surface area contributed by atoms with Gasteiger partial charge in [-0.25, -0.2) is 4.39 Å². The zero-order valence-electron chi connectivity index (χ0n) is 13.3. The topological polar surface area (TPSA) is 70.3 Å². The van der Waals surface area contributed by atoms with E-state index in [-0.39, 0.29) is 40.5 Å². The number of benzene rings is 1. The molecular weight excluding hydrogens is 310 g/mol. The molecule has 1 aliphatic rings. The second-order valence-corrected chi connectivity index (χ2v) is 5.67. The van der Waals surface area contributed by atoms with Crippen molar-refractivity contribution in [1.29, 1.82) is 0 Å². The van der Waals surface area contributed by atoms with Gasteiger partial charge in [0.15, 0.2) is 11.2 Å². The fraction of sp³-hybridized carbons (Fsp3) is 0.412. The van der Waals surface area contributed by atoms with Crippen LogP contribution in [0.5, 0.6) is 0 Å². The first-order valence-electron chi connectivity index (χ1n) is 7.55. The molecule has 0 atom stereocenters. The molecule has 3 rings (SSSR count). The first-order valence-corrected chi connectivity index (χ1v) is 7.55. The van der Waals surface area contributed by atoms with Gasteiger partial charge in [-0.15, -0.1) is 0 Å². The summed E-state index contributed by atoms with van der Waals surface area (Å²) in [5.74, 6) is -2.67. The molecule has 2 aromatic rings. The SMILES string of the molecule is CCCc1c2c(c(F)c3c(=O)cc(C(=O)[O-])oc13)CCCC2.[Na+]. The number of carboxylic acids is 1. The average molecular weight is 326 g/mol. The number of fused-ring (bicyclic) bond motifs is 2. The van der Waals surface area contributed by atoms with Gasteiger partial charge in [0.2, 0.25) is 0 Å². The number of carboxylic acid groups (broad SMARTS) is 1. The largest absolute Gasteiger partial charge is 1.00 e. The van der Waals surface area contributed by atoms with E-state index >= 15 is 0 Å². The molecule has 0 aliphatic heterocycles. The maximum atomic E-state index is 14.7. The predicted molar refractivity (Wildman–Crippen MR) is 77.4 cm³/mol. The number of rotatable bonds is 3. The van der Waals surface area contributed by atoms with Gasteiger partial charge < -0.3 is 14.3 Å². The van der Waals surface area contributed by atoms with E-state index in [1.54, 1.807) is 0 Å². The first-order chi connectivity index (χ1) is 10.5. The van der Waals surface area contributed by atoms with Crippen LogP contribution >= 0.6 is 0 Å². The quantitative estimate of drug-likeness (QED) is 0.688. The number of carbonyl (C=O) groups is 1. The van der Waals surface area contributed by atoms with Crippen LogP contribution in [-0.2, 0) is 19.3 Å². The number of aryl methyl sites for hydroxylation is 1. The standard InChI is InChI=1S/C17H17FO4.Na/c1-2-5-11-9-6-3-4-7-10(9)15(18)14-12(19)8-13(17(20)21)22-16(11)14;/h8H,2-7H2,1H3,(H,20,21);/q;+1/p-1. The molecule has 0 unspecified atom stereocenters. The second kappa shape index (κ2) is 7.16. The Kier molecular flexibility index (Phi) is 5.65. The summed E-state index contributed by atoms with van der Waals surface area (Å²) in [4.78, 5) is 23.2. The first kappa shape index (κ1) is 18.2. The van der Waals surface area contributed by atoms with Gasteiger partial charge in [0.1, 0.15) is 22.8 Å². The summed E-state index contributed by atoms with van der Waals surface area (Å²) >= 11 is 0. The van der Waals surface area contributed by atoms with Crippen LogP contribution in [-0.4, -0.2) is 5.97 Å². The van der Waals surface area contributed by atoms with Gasteiger partial charge in [0, 0.05) is 6.07 Å². The van der Waals surface area contributed by atoms with E-state index in [1.807, 2.05) is 6.92 Å². The summed E-state index contributed by atoms with van der Waals surface area (Å²) in [7, 11) is 0. The van der Waals surface area contributed by atoms with Gasteiger partial charge in [0.05, 0.1) is 0 Å². The molecule has 1 aliphatic carbocycles. The van der Waals surface area contributed by atoms with Crippen molar-refractivity contribution in [2.45, 2.75) is 45.4 Å². The predicted octanol–water partition coefficient (Wildman–Crippen LogP) is -0.869. The number of halogens is 1. The maximum absolute atomic E-state index is 14.7. The fourth-order valence-corrected chi connectivity index (χ4v) is 3.30. The molecule has 0 radical (unpaired) electrons. The minimum Gasteiger partial charge on any atom is -0.542 e. The van der Waals surface area contributed by atoms with Crippen molar-refractivity contribution >= 4 is 16.9 Å². The Morgan fingerprint density at radius 2 is 1.96 bits per heavy atom. The van der Waals surface area contributed by atoms with Crippen molar-refractivity contribution in [3.8, 4) is 0 Å². The molecule has 1 heterocycles. The minimum absolute atomic E-state index is 0. The zero-order chi connectivity index (χ0) is 15.9. The normalized spacial score (nSPS) is 13.5.